The molecule has 0 aliphatic rings. The Morgan fingerprint density at radius 3 is 2.40 bits per heavy atom. The van der Waals surface area contributed by atoms with Gasteiger partial charge in [0.25, 0.3) is 0 Å². The average molecular weight is 345 g/mol. The van der Waals surface area contributed by atoms with Crippen molar-refractivity contribution in [3.63, 3.8) is 0 Å². The average Bonchev–Trinajstić information content (AvgIpc) is 2.62. The Balaban J connectivity index is 2.82. The van der Waals surface area contributed by atoms with E-state index in [2.05, 4.69) is 77.3 Å². The van der Waals surface area contributed by atoms with Gasteiger partial charge in [0.05, 0.1) is 15.9 Å². The molecule has 0 spiro atoms. The van der Waals surface area contributed by atoms with E-state index in [1.54, 1.807) is 0 Å². The van der Waals surface area contributed by atoms with E-state index in [4.69, 9.17) is 0 Å². The smallest absolute Gasteiger partial charge is 0.0739 e. The molecule has 1 rings (SSSR count). The monoisotopic (exact) mass is 344 g/mol. The molecular weight excluding hydrogens is 316 g/mol. The van der Waals surface area contributed by atoms with Gasteiger partial charge in [-0.15, -0.1) is 0 Å². The van der Waals surface area contributed by atoms with E-state index in [-0.39, 0.29) is 0 Å². The fourth-order valence-electron chi connectivity index (χ4n) is 2.32. The van der Waals surface area contributed by atoms with Crippen LogP contribution < -0.4 is 0 Å². The van der Waals surface area contributed by atoms with Gasteiger partial charge < -0.3 is 4.90 Å². The van der Waals surface area contributed by atoms with E-state index in [1.165, 1.54) is 5.69 Å². The van der Waals surface area contributed by atoms with Crippen LogP contribution in [0.2, 0.25) is 0 Å². The number of hydrogen-bond acceptors (Lipinski definition) is 3. The second-order valence-corrected chi connectivity index (χ2v) is 6.89. The lowest BCUT2D eigenvalue weighted by atomic mass is 10.2. The van der Waals surface area contributed by atoms with E-state index in [0.29, 0.717) is 5.92 Å². The number of likely N-dealkylation sites (N-methyl/N-ethyl adjacent to an activating group) is 1. The Bertz CT molecular complexity index is 412. The van der Waals surface area contributed by atoms with Crippen LogP contribution in [0.25, 0.3) is 0 Å². The number of aromatic nitrogens is 2. The van der Waals surface area contributed by atoms with Crippen LogP contribution in [0.4, 0.5) is 0 Å². The largest absolute Gasteiger partial charge is 0.308 e. The molecule has 20 heavy (non-hydrogen) atoms. The fourth-order valence-corrected chi connectivity index (χ4v) is 2.73. The second-order valence-electron chi connectivity index (χ2n) is 6.09. The molecule has 4 nitrogen and oxygen atoms in total. The fraction of sp³-hybridized carbons (Fsp3) is 0.800. The van der Waals surface area contributed by atoms with Crippen LogP contribution in [0, 0.1) is 12.8 Å². The van der Waals surface area contributed by atoms with Gasteiger partial charge in [-0.2, -0.15) is 5.10 Å². The van der Waals surface area contributed by atoms with Crippen molar-refractivity contribution in [2.75, 3.05) is 33.7 Å². The molecule has 1 aromatic rings. The van der Waals surface area contributed by atoms with Crippen molar-refractivity contribution in [3.05, 3.63) is 15.9 Å². The summed E-state index contributed by atoms with van der Waals surface area (Å²) in [6.45, 7) is 13.9. The first kappa shape index (κ1) is 17.7. The van der Waals surface area contributed by atoms with E-state index in [0.717, 1.165) is 42.9 Å². The third kappa shape index (κ3) is 5.19. The normalized spacial score (nSPS) is 12.1. The zero-order chi connectivity index (χ0) is 15.3. The Labute approximate surface area is 132 Å². The molecule has 0 N–H and O–H groups in total. The highest BCUT2D eigenvalue weighted by Crippen LogP contribution is 2.22. The van der Waals surface area contributed by atoms with Gasteiger partial charge in [-0.25, -0.2) is 0 Å². The zero-order valence-corrected chi connectivity index (χ0v) is 15.4. The highest BCUT2D eigenvalue weighted by Gasteiger charge is 2.16. The van der Waals surface area contributed by atoms with Crippen LogP contribution in [-0.2, 0) is 13.1 Å². The molecule has 0 aromatic carbocycles. The van der Waals surface area contributed by atoms with Gasteiger partial charge in [-0.05, 0) is 49.8 Å². The Hall–Kier alpha value is -0.390. The van der Waals surface area contributed by atoms with E-state index in [9.17, 15) is 0 Å². The number of rotatable bonds is 8. The quantitative estimate of drug-likeness (QED) is 0.724. The van der Waals surface area contributed by atoms with Gasteiger partial charge in [-0.3, -0.25) is 9.58 Å². The van der Waals surface area contributed by atoms with Crippen LogP contribution in [-0.4, -0.2) is 53.3 Å². The number of aryl methyl sites for hydroxylation is 2. The predicted molar refractivity (Wildman–Crippen MR) is 89.0 cm³/mol. The van der Waals surface area contributed by atoms with Crippen molar-refractivity contribution in [2.24, 2.45) is 5.92 Å². The van der Waals surface area contributed by atoms with Gasteiger partial charge in [0.15, 0.2) is 0 Å². The lowest BCUT2D eigenvalue weighted by Crippen LogP contribution is -2.34. The summed E-state index contributed by atoms with van der Waals surface area (Å²) in [6, 6.07) is 0. The van der Waals surface area contributed by atoms with Crippen LogP contribution in [0.15, 0.2) is 4.47 Å². The van der Waals surface area contributed by atoms with E-state index >= 15 is 0 Å². The molecule has 0 atom stereocenters. The lowest BCUT2D eigenvalue weighted by molar-refractivity contribution is 0.206. The molecule has 1 heterocycles. The second kappa shape index (κ2) is 8.15. The molecule has 0 aliphatic heterocycles. The van der Waals surface area contributed by atoms with Crippen molar-refractivity contribution in [3.8, 4) is 0 Å². The molecule has 0 aliphatic carbocycles. The molecule has 0 fully saturated rings. The molecule has 5 heteroatoms. The summed E-state index contributed by atoms with van der Waals surface area (Å²) >= 11 is 3.70. The van der Waals surface area contributed by atoms with Gasteiger partial charge in [0.1, 0.15) is 0 Å². The predicted octanol–water partition coefficient (Wildman–Crippen LogP) is 2.99. The number of hydrogen-bond donors (Lipinski definition) is 0. The van der Waals surface area contributed by atoms with Crippen LogP contribution in [0.1, 0.15) is 32.2 Å². The maximum atomic E-state index is 4.59. The number of nitrogens with zero attached hydrogens (tertiary/aromatic N) is 4. The SMILES string of the molecule is CCn1nc(C)c(Br)c1CN(CCN(C)C)CC(C)C. The molecule has 1 aromatic heterocycles. The minimum absolute atomic E-state index is 0.676. The molecule has 0 bridgehead atoms. The van der Waals surface area contributed by atoms with Crippen LogP contribution in [0.3, 0.4) is 0 Å². The highest BCUT2D eigenvalue weighted by atomic mass is 79.9. The van der Waals surface area contributed by atoms with Crippen LogP contribution >= 0.6 is 15.9 Å². The molecule has 0 saturated carbocycles. The summed E-state index contributed by atoms with van der Waals surface area (Å²) in [4.78, 5) is 4.77. The number of halogens is 1. The molecule has 0 unspecified atom stereocenters. The van der Waals surface area contributed by atoms with Crippen LogP contribution in [0.5, 0.6) is 0 Å². The molecular formula is C15H29BrN4. The van der Waals surface area contributed by atoms with E-state index < -0.39 is 0 Å². The highest BCUT2D eigenvalue weighted by molar-refractivity contribution is 9.10. The standard InChI is InChI=1S/C15H29BrN4/c1-7-20-14(15(16)13(4)17-20)11-19(10-12(2)3)9-8-18(5)6/h12H,7-11H2,1-6H3. The van der Waals surface area contributed by atoms with Gasteiger partial charge in [-0.1, -0.05) is 13.8 Å². The summed E-state index contributed by atoms with van der Waals surface area (Å²) in [6.07, 6.45) is 0. The van der Waals surface area contributed by atoms with Crippen molar-refractivity contribution < 1.29 is 0 Å². The topological polar surface area (TPSA) is 24.3 Å². The summed E-state index contributed by atoms with van der Waals surface area (Å²) in [5, 5.41) is 4.59. The third-order valence-corrected chi connectivity index (χ3v) is 4.34. The van der Waals surface area contributed by atoms with Crippen molar-refractivity contribution in [1.29, 1.82) is 0 Å². The molecule has 0 saturated heterocycles. The van der Waals surface area contributed by atoms with Gasteiger partial charge in [0, 0.05) is 32.7 Å². The summed E-state index contributed by atoms with van der Waals surface area (Å²) < 4.78 is 3.28. The maximum Gasteiger partial charge on any atom is 0.0739 e. The maximum absolute atomic E-state index is 4.59. The summed E-state index contributed by atoms with van der Waals surface area (Å²) in [5.74, 6) is 0.676. The van der Waals surface area contributed by atoms with Crippen molar-refractivity contribution >= 4 is 15.9 Å². The van der Waals surface area contributed by atoms with Crippen molar-refractivity contribution in [1.82, 2.24) is 19.6 Å². The Kier molecular flexibility index (Phi) is 7.20. The molecule has 116 valence electrons. The Morgan fingerprint density at radius 2 is 1.90 bits per heavy atom. The third-order valence-electron chi connectivity index (χ3n) is 3.31. The zero-order valence-electron chi connectivity index (χ0n) is 13.8. The van der Waals surface area contributed by atoms with E-state index in [1.807, 2.05) is 0 Å². The molecule has 0 amide bonds. The first-order valence-corrected chi connectivity index (χ1v) is 8.23. The van der Waals surface area contributed by atoms with Gasteiger partial charge >= 0.3 is 0 Å². The van der Waals surface area contributed by atoms with Crippen molar-refractivity contribution in [2.45, 2.75) is 40.8 Å². The minimum atomic E-state index is 0.676. The molecule has 0 radical (unpaired) electrons. The Morgan fingerprint density at radius 1 is 1.25 bits per heavy atom. The summed E-state index contributed by atoms with van der Waals surface area (Å²) in [7, 11) is 4.26. The first-order chi connectivity index (χ1) is 9.35. The lowest BCUT2D eigenvalue weighted by Gasteiger charge is -2.26. The minimum Gasteiger partial charge on any atom is -0.308 e. The summed E-state index contributed by atoms with van der Waals surface area (Å²) in [5.41, 5.74) is 2.38. The first-order valence-electron chi connectivity index (χ1n) is 7.44. The van der Waals surface area contributed by atoms with Gasteiger partial charge in [0.2, 0.25) is 0 Å².